The van der Waals surface area contributed by atoms with Gasteiger partial charge in [0.1, 0.15) is 5.82 Å². The van der Waals surface area contributed by atoms with E-state index in [2.05, 4.69) is 9.80 Å². The molecule has 0 bridgehead atoms. The topological polar surface area (TPSA) is 45.3 Å². The van der Waals surface area contributed by atoms with Crippen LogP contribution in [0.3, 0.4) is 0 Å². The number of nitrogens with zero attached hydrogens (tertiary/aromatic N) is 3. The molecule has 2 saturated heterocycles. The fourth-order valence-corrected chi connectivity index (χ4v) is 5.76. The lowest BCUT2D eigenvalue weighted by molar-refractivity contribution is -0.191. The normalized spacial score (nSPS) is 29.9. The fraction of sp³-hybridized carbons (Fsp3) is 0.500. The number of hydrogen-bond acceptors (Lipinski definition) is 5. The summed E-state index contributed by atoms with van der Waals surface area (Å²) in [6.07, 6.45) is 5.28. The summed E-state index contributed by atoms with van der Waals surface area (Å²) in [5.41, 5.74) is 2.34. The maximum atomic E-state index is 14.2. The molecule has 33 heavy (non-hydrogen) atoms. The zero-order valence-electron chi connectivity index (χ0n) is 18.8. The molecule has 1 spiro atoms. The first-order chi connectivity index (χ1) is 16.2. The number of carbonyl (C=O) groups excluding carboxylic acids is 1. The van der Waals surface area contributed by atoms with Gasteiger partial charge in [-0.2, -0.15) is 0 Å². The van der Waals surface area contributed by atoms with E-state index < -0.39 is 5.79 Å². The first-order valence-corrected chi connectivity index (χ1v) is 12.1. The first kappa shape index (κ1) is 21.1. The highest BCUT2D eigenvalue weighted by molar-refractivity contribution is 6.06. The number of ether oxygens (including phenoxy) is 2. The number of amides is 1. The van der Waals surface area contributed by atoms with Gasteiger partial charge in [0.2, 0.25) is 0 Å². The predicted molar refractivity (Wildman–Crippen MR) is 123 cm³/mol. The van der Waals surface area contributed by atoms with E-state index in [0.29, 0.717) is 25.4 Å². The van der Waals surface area contributed by atoms with Crippen molar-refractivity contribution in [3.63, 3.8) is 0 Å². The van der Waals surface area contributed by atoms with Gasteiger partial charge in [0.05, 0.1) is 30.3 Å². The minimum Gasteiger partial charge on any atom is -0.367 e. The van der Waals surface area contributed by atoms with Crippen molar-refractivity contribution < 1.29 is 18.7 Å². The molecule has 1 saturated carbocycles. The fourth-order valence-electron chi connectivity index (χ4n) is 5.76. The lowest BCUT2D eigenvalue weighted by atomic mass is 10.1. The van der Waals surface area contributed by atoms with Crippen molar-refractivity contribution in [3.8, 4) is 0 Å². The highest BCUT2D eigenvalue weighted by atomic mass is 19.1. The minimum atomic E-state index is -1.31. The van der Waals surface area contributed by atoms with Crippen molar-refractivity contribution in [1.82, 2.24) is 4.90 Å². The molecule has 0 N–H and O–H groups in total. The van der Waals surface area contributed by atoms with Crippen molar-refractivity contribution >= 4 is 17.3 Å². The van der Waals surface area contributed by atoms with Crippen LogP contribution in [0, 0.1) is 5.82 Å². The smallest absolute Gasteiger partial charge is 0.293 e. The summed E-state index contributed by atoms with van der Waals surface area (Å²) in [5.74, 6) is -1.62. The highest BCUT2D eigenvalue weighted by Gasteiger charge is 2.61. The molecule has 174 valence electrons. The van der Waals surface area contributed by atoms with Gasteiger partial charge < -0.3 is 14.4 Å². The Hall–Kier alpha value is -2.48. The highest BCUT2D eigenvalue weighted by Crippen LogP contribution is 2.50. The summed E-state index contributed by atoms with van der Waals surface area (Å²) in [6, 6.07) is 14.8. The van der Waals surface area contributed by atoms with E-state index >= 15 is 0 Å². The zero-order valence-corrected chi connectivity index (χ0v) is 18.8. The molecule has 3 aliphatic heterocycles. The summed E-state index contributed by atoms with van der Waals surface area (Å²) >= 11 is 0. The Bertz CT molecular complexity index is 1020. The molecule has 4 aliphatic rings. The molecule has 0 radical (unpaired) electrons. The van der Waals surface area contributed by atoms with Crippen LogP contribution in [0.2, 0.25) is 0 Å². The molecular formula is C26H30FN3O3. The number of hydrogen-bond donors (Lipinski definition) is 0. The second-order valence-corrected chi connectivity index (χ2v) is 9.52. The number of fused-ring (bicyclic) bond motifs is 3. The third-order valence-electron chi connectivity index (χ3n) is 7.51. The molecule has 3 fully saturated rings. The SMILES string of the molecule is O=C1N(CN2CCN(c3ccccc3F)CC2)c2ccccc2C12O[C@H]1CCCCC[C@H]1O2. The quantitative estimate of drug-likeness (QED) is 0.709. The van der Waals surface area contributed by atoms with Crippen LogP contribution in [0.4, 0.5) is 15.8 Å². The van der Waals surface area contributed by atoms with E-state index in [1.54, 1.807) is 6.07 Å². The van der Waals surface area contributed by atoms with Crippen LogP contribution in [0.5, 0.6) is 0 Å². The molecule has 1 unspecified atom stereocenters. The maximum Gasteiger partial charge on any atom is 0.293 e. The van der Waals surface area contributed by atoms with Gasteiger partial charge in [0.25, 0.3) is 11.7 Å². The van der Waals surface area contributed by atoms with Crippen molar-refractivity contribution in [3.05, 3.63) is 59.9 Å². The van der Waals surface area contributed by atoms with Crippen LogP contribution < -0.4 is 9.80 Å². The Kier molecular flexibility index (Phi) is 5.35. The molecule has 1 aliphatic carbocycles. The summed E-state index contributed by atoms with van der Waals surface area (Å²) in [4.78, 5) is 19.9. The molecule has 6 nitrogen and oxygen atoms in total. The first-order valence-electron chi connectivity index (χ1n) is 12.1. The molecule has 0 aromatic heterocycles. The van der Waals surface area contributed by atoms with Crippen LogP contribution in [-0.2, 0) is 20.1 Å². The Morgan fingerprint density at radius 3 is 2.18 bits per heavy atom. The molecular weight excluding hydrogens is 421 g/mol. The third kappa shape index (κ3) is 3.54. The number of halogens is 1. The predicted octanol–water partition coefficient (Wildman–Crippen LogP) is 3.85. The second kappa shape index (κ2) is 8.38. The van der Waals surface area contributed by atoms with Crippen LogP contribution in [0.1, 0.15) is 37.7 Å². The van der Waals surface area contributed by atoms with E-state index in [1.807, 2.05) is 41.3 Å². The Morgan fingerprint density at radius 2 is 1.48 bits per heavy atom. The summed E-state index contributed by atoms with van der Waals surface area (Å²) in [6.45, 7) is 3.41. The zero-order chi connectivity index (χ0) is 22.4. The van der Waals surface area contributed by atoms with Gasteiger partial charge in [-0.3, -0.25) is 14.6 Å². The molecule has 3 heterocycles. The molecule has 3 atom stereocenters. The largest absolute Gasteiger partial charge is 0.367 e. The number of para-hydroxylation sites is 2. The van der Waals surface area contributed by atoms with E-state index in [0.717, 1.165) is 50.0 Å². The van der Waals surface area contributed by atoms with Gasteiger partial charge in [-0.25, -0.2) is 4.39 Å². The monoisotopic (exact) mass is 451 g/mol. The number of rotatable bonds is 3. The lowest BCUT2D eigenvalue weighted by Gasteiger charge is -2.38. The van der Waals surface area contributed by atoms with Crippen LogP contribution in [-0.4, -0.2) is 55.9 Å². The summed E-state index contributed by atoms with van der Waals surface area (Å²) in [7, 11) is 0. The molecule has 1 amide bonds. The third-order valence-corrected chi connectivity index (χ3v) is 7.51. The van der Waals surface area contributed by atoms with Crippen LogP contribution in [0.25, 0.3) is 0 Å². The lowest BCUT2D eigenvalue weighted by Crippen LogP contribution is -2.52. The minimum absolute atomic E-state index is 0.0197. The standard InChI is InChI=1S/C26H30FN3O3/c27-20-9-5-7-11-22(20)29-16-14-28(15-17-29)18-30-21-10-6-4-8-19(21)26(25(30)31)32-23-12-2-1-3-13-24(23)33-26/h4-11,23-24H,1-3,12-18H2/t23-,24+,26?. The Labute approximate surface area is 193 Å². The number of piperazine rings is 1. The van der Waals surface area contributed by atoms with Gasteiger partial charge in [-0.1, -0.05) is 49.6 Å². The second-order valence-electron chi connectivity index (χ2n) is 9.52. The number of benzene rings is 2. The van der Waals surface area contributed by atoms with Gasteiger partial charge in [0, 0.05) is 31.7 Å². The van der Waals surface area contributed by atoms with E-state index in [-0.39, 0.29) is 23.9 Å². The van der Waals surface area contributed by atoms with Crippen molar-refractivity contribution in [2.75, 3.05) is 42.6 Å². The van der Waals surface area contributed by atoms with Gasteiger partial charge in [-0.05, 0) is 31.0 Å². The molecule has 2 aromatic carbocycles. The maximum absolute atomic E-state index is 14.2. The van der Waals surface area contributed by atoms with Crippen molar-refractivity contribution in [1.29, 1.82) is 0 Å². The molecule has 2 aromatic rings. The van der Waals surface area contributed by atoms with Crippen molar-refractivity contribution in [2.45, 2.75) is 50.1 Å². The van der Waals surface area contributed by atoms with Crippen molar-refractivity contribution in [2.24, 2.45) is 0 Å². The van der Waals surface area contributed by atoms with Crippen LogP contribution in [0.15, 0.2) is 48.5 Å². The van der Waals surface area contributed by atoms with Gasteiger partial charge in [0.15, 0.2) is 0 Å². The molecule has 6 rings (SSSR count). The number of carbonyl (C=O) groups is 1. The summed E-state index contributed by atoms with van der Waals surface area (Å²) in [5, 5.41) is 0. The van der Waals surface area contributed by atoms with Gasteiger partial charge >= 0.3 is 0 Å². The Morgan fingerprint density at radius 1 is 0.848 bits per heavy atom. The van der Waals surface area contributed by atoms with Crippen LogP contribution >= 0.6 is 0 Å². The summed E-state index contributed by atoms with van der Waals surface area (Å²) < 4.78 is 27.1. The van der Waals surface area contributed by atoms with E-state index in [9.17, 15) is 9.18 Å². The van der Waals surface area contributed by atoms with E-state index in [1.165, 1.54) is 12.5 Å². The molecule has 7 heteroatoms. The average Bonchev–Trinajstić information content (AvgIpc) is 3.21. The van der Waals surface area contributed by atoms with E-state index in [4.69, 9.17) is 9.47 Å². The number of anilines is 2. The Balaban J connectivity index is 1.20. The van der Waals surface area contributed by atoms with Gasteiger partial charge in [-0.15, -0.1) is 0 Å². The average molecular weight is 452 g/mol.